The molecule has 1 aromatic heterocycles. The van der Waals surface area contributed by atoms with Crippen molar-refractivity contribution in [2.45, 2.75) is 45.4 Å². The topological polar surface area (TPSA) is 94.8 Å². The summed E-state index contributed by atoms with van der Waals surface area (Å²) >= 11 is 0. The van der Waals surface area contributed by atoms with E-state index in [1.54, 1.807) is 31.2 Å². The molecule has 2 unspecified atom stereocenters. The highest BCUT2D eigenvalue weighted by atomic mass is 16.5. The molecule has 0 spiro atoms. The molecule has 0 saturated carbocycles. The van der Waals surface area contributed by atoms with Crippen LogP contribution in [0.4, 0.5) is 0 Å². The maximum atomic E-state index is 12.5. The summed E-state index contributed by atoms with van der Waals surface area (Å²) in [6.07, 6.45) is 0.948. The largest absolute Gasteiger partial charge is 0.507 e. The molecule has 2 aromatic rings. The fourth-order valence-electron chi connectivity index (χ4n) is 2.78. The van der Waals surface area contributed by atoms with E-state index < -0.39 is 35.0 Å². The number of benzene rings is 1. The summed E-state index contributed by atoms with van der Waals surface area (Å²) in [5, 5.41) is 9.98. The fraction of sp³-hybridized carbons (Fsp3) is 0.381. The maximum absolute atomic E-state index is 12.5. The lowest BCUT2D eigenvalue weighted by molar-refractivity contribution is -0.123. The molecule has 0 saturated heterocycles. The van der Waals surface area contributed by atoms with Gasteiger partial charge in [0.2, 0.25) is 0 Å². The summed E-state index contributed by atoms with van der Waals surface area (Å²) in [5.41, 5.74) is -0.740. The van der Waals surface area contributed by atoms with E-state index in [1.807, 2.05) is 26.8 Å². The van der Waals surface area contributed by atoms with Crippen molar-refractivity contribution >= 4 is 12.3 Å². The van der Waals surface area contributed by atoms with Crippen LogP contribution >= 0.6 is 0 Å². The van der Waals surface area contributed by atoms with Crippen LogP contribution in [0.3, 0.4) is 0 Å². The van der Waals surface area contributed by atoms with Gasteiger partial charge in [-0.2, -0.15) is 0 Å². The van der Waals surface area contributed by atoms with Gasteiger partial charge in [-0.3, -0.25) is 4.79 Å². The Balaban J connectivity index is 2.60. The van der Waals surface area contributed by atoms with Gasteiger partial charge in [-0.25, -0.2) is 4.79 Å². The highest BCUT2D eigenvalue weighted by Gasteiger charge is 2.31. The van der Waals surface area contributed by atoms with Crippen LogP contribution in [0.1, 0.15) is 55.8 Å². The summed E-state index contributed by atoms with van der Waals surface area (Å²) in [6.45, 7) is 7.26. The molecular formula is C21H25NO6. The minimum absolute atomic E-state index is 0.105. The molecular weight excluding hydrogens is 362 g/mol. The Bertz CT molecular complexity index is 882. The van der Waals surface area contributed by atoms with E-state index in [1.165, 1.54) is 0 Å². The number of rotatable bonds is 7. The van der Waals surface area contributed by atoms with Crippen LogP contribution < -0.4 is 5.56 Å². The number of aromatic nitrogens is 1. The quantitative estimate of drug-likeness (QED) is 0.580. The van der Waals surface area contributed by atoms with Gasteiger partial charge in [-0.05, 0) is 33.3 Å². The predicted octanol–water partition coefficient (Wildman–Crippen LogP) is 3.03. The van der Waals surface area contributed by atoms with Crippen molar-refractivity contribution in [3.8, 4) is 5.75 Å². The van der Waals surface area contributed by atoms with E-state index in [9.17, 15) is 19.5 Å². The van der Waals surface area contributed by atoms with Gasteiger partial charge in [0.05, 0.1) is 12.2 Å². The van der Waals surface area contributed by atoms with Crippen LogP contribution in [0, 0.1) is 0 Å². The number of hydrogen-bond acceptors (Lipinski definition) is 6. The number of aromatic hydroxyl groups is 1. The SMILES string of the molecule is CCOC(=O)c1cn(C(C=O)C(OC(C)(C)C)c2ccccc2)c(=O)cc1O. The second kappa shape index (κ2) is 8.84. The third-order valence-electron chi connectivity index (χ3n) is 3.93. The zero-order valence-electron chi connectivity index (χ0n) is 16.4. The summed E-state index contributed by atoms with van der Waals surface area (Å²) in [5.74, 6) is -1.29. The number of nitrogens with zero attached hydrogens (tertiary/aromatic N) is 1. The van der Waals surface area contributed by atoms with Crippen LogP contribution in [0.2, 0.25) is 0 Å². The molecule has 0 fully saturated rings. The second-order valence-electron chi connectivity index (χ2n) is 7.23. The van der Waals surface area contributed by atoms with Gasteiger partial charge in [0.15, 0.2) is 0 Å². The molecule has 7 heteroatoms. The zero-order valence-corrected chi connectivity index (χ0v) is 16.4. The average molecular weight is 387 g/mol. The van der Waals surface area contributed by atoms with Gasteiger partial charge < -0.3 is 23.9 Å². The van der Waals surface area contributed by atoms with Gasteiger partial charge in [0.25, 0.3) is 5.56 Å². The van der Waals surface area contributed by atoms with Gasteiger partial charge in [0.1, 0.15) is 29.7 Å². The molecule has 0 bridgehead atoms. The van der Waals surface area contributed by atoms with Gasteiger partial charge in [0, 0.05) is 12.3 Å². The number of esters is 1. The number of aldehydes is 1. The molecule has 7 nitrogen and oxygen atoms in total. The van der Waals surface area contributed by atoms with Crippen LogP contribution in [-0.2, 0) is 14.3 Å². The summed E-state index contributed by atoms with van der Waals surface area (Å²) in [6, 6.07) is 8.87. The Hall–Kier alpha value is -2.93. The van der Waals surface area contributed by atoms with Crippen LogP contribution in [0.5, 0.6) is 5.75 Å². The molecule has 2 rings (SSSR count). The molecule has 1 heterocycles. The molecule has 0 radical (unpaired) electrons. The first-order valence-electron chi connectivity index (χ1n) is 8.98. The number of ether oxygens (including phenoxy) is 2. The standard InChI is InChI=1S/C21H25NO6/c1-5-27-20(26)15-12-22(18(25)11-17(15)24)16(13-23)19(28-21(2,3)4)14-9-7-6-8-10-14/h6-13,16,19,24H,5H2,1-4H3. The van der Waals surface area contributed by atoms with Crippen molar-refractivity contribution in [3.05, 3.63) is 64.1 Å². The van der Waals surface area contributed by atoms with Crippen LogP contribution in [0.15, 0.2) is 47.4 Å². The molecule has 1 aromatic carbocycles. The van der Waals surface area contributed by atoms with E-state index >= 15 is 0 Å². The van der Waals surface area contributed by atoms with Gasteiger partial charge >= 0.3 is 5.97 Å². The molecule has 0 aliphatic rings. The lowest BCUT2D eigenvalue weighted by atomic mass is 10.0. The fourth-order valence-corrected chi connectivity index (χ4v) is 2.78. The van der Waals surface area contributed by atoms with E-state index in [2.05, 4.69) is 0 Å². The maximum Gasteiger partial charge on any atom is 0.343 e. The Morgan fingerprint density at radius 1 is 1.25 bits per heavy atom. The van der Waals surface area contributed by atoms with E-state index in [4.69, 9.17) is 9.47 Å². The molecule has 2 atom stereocenters. The lowest BCUT2D eigenvalue weighted by Crippen LogP contribution is -2.34. The Labute approximate surface area is 163 Å². The van der Waals surface area contributed by atoms with E-state index in [0.717, 1.165) is 16.8 Å². The van der Waals surface area contributed by atoms with Crippen molar-refractivity contribution < 1.29 is 24.2 Å². The normalized spacial score (nSPS) is 13.6. The van der Waals surface area contributed by atoms with Crippen molar-refractivity contribution in [3.63, 3.8) is 0 Å². The first kappa shape index (κ1) is 21.4. The van der Waals surface area contributed by atoms with Crippen molar-refractivity contribution in [2.75, 3.05) is 6.61 Å². The summed E-state index contributed by atoms with van der Waals surface area (Å²) < 4.78 is 12.1. The minimum Gasteiger partial charge on any atom is -0.507 e. The second-order valence-corrected chi connectivity index (χ2v) is 7.23. The van der Waals surface area contributed by atoms with E-state index in [-0.39, 0.29) is 12.2 Å². The van der Waals surface area contributed by atoms with Crippen molar-refractivity contribution in [2.24, 2.45) is 0 Å². The Kier molecular flexibility index (Phi) is 6.75. The average Bonchev–Trinajstić information content (AvgIpc) is 2.63. The molecule has 1 N–H and O–H groups in total. The zero-order chi connectivity index (χ0) is 20.9. The number of pyridine rings is 1. The van der Waals surface area contributed by atoms with Gasteiger partial charge in [-0.1, -0.05) is 30.3 Å². The number of carbonyl (C=O) groups is 2. The number of carbonyl (C=O) groups excluding carboxylic acids is 2. The highest BCUT2D eigenvalue weighted by molar-refractivity contribution is 5.92. The summed E-state index contributed by atoms with van der Waals surface area (Å²) in [7, 11) is 0. The van der Waals surface area contributed by atoms with Crippen molar-refractivity contribution in [1.82, 2.24) is 4.57 Å². The third-order valence-corrected chi connectivity index (χ3v) is 3.93. The highest BCUT2D eigenvalue weighted by Crippen LogP contribution is 2.33. The Morgan fingerprint density at radius 3 is 2.43 bits per heavy atom. The molecule has 0 aliphatic carbocycles. The third kappa shape index (κ3) is 5.07. The van der Waals surface area contributed by atoms with Crippen LogP contribution in [-0.4, -0.2) is 34.1 Å². The summed E-state index contributed by atoms with van der Waals surface area (Å²) in [4.78, 5) is 36.6. The monoisotopic (exact) mass is 387 g/mol. The van der Waals surface area contributed by atoms with Crippen LogP contribution in [0.25, 0.3) is 0 Å². The molecule has 0 aliphatic heterocycles. The lowest BCUT2D eigenvalue weighted by Gasteiger charge is -2.32. The first-order chi connectivity index (χ1) is 13.2. The smallest absolute Gasteiger partial charge is 0.343 e. The predicted molar refractivity (Wildman–Crippen MR) is 103 cm³/mol. The number of hydrogen-bond donors (Lipinski definition) is 1. The van der Waals surface area contributed by atoms with E-state index in [0.29, 0.717) is 11.8 Å². The van der Waals surface area contributed by atoms with Crippen molar-refractivity contribution in [1.29, 1.82) is 0 Å². The Morgan fingerprint density at radius 2 is 1.89 bits per heavy atom. The molecule has 28 heavy (non-hydrogen) atoms. The first-order valence-corrected chi connectivity index (χ1v) is 8.98. The van der Waals surface area contributed by atoms with Gasteiger partial charge in [-0.15, -0.1) is 0 Å². The molecule has 150 valence electrons. The minimum atomic E-state index is -1.05. The molecule has 0 amide bonds.